The number of hydrogen-bond donors (Lipinski definition) is 2. The molecule has 10 heteroatoms. The second-order valence-electron chi connectivity index (χ2n) is 10.4. The van der Waals surface area contributed by atoms with Crippen molar-refractivity contribution in [2.45, 2.75) is 32.3 Å². The molecule has 0 saturated carbocycles. The van der Waals surface area contributed by atoms with Gasteiger partial charge in [0.15, 0.2) is 0 Å². The summed E-state index contributed by atoms with van der Waals surface area (Å²) in [6.07, 6.45) is 5.39. The number of nitrogens with one attached hydrogen (secondary N) is 2. The molecular formula is C31H32ClN5O3S. The fraction of sp³-hybridized carbons (Fsp3) is 0.323. The number of nitrogens with zero attached hydrogens (tertiary/aromatic N) is 3. The molecule has 1 amide bonds. The van der Waals surface area contributed by atoms with Gasteiger partial charge in [0.1, 0.15) is 11.9 Å². The lowest BCUT2D eigenvalue weighted by atomic mass is 10.0. The van der Waals surface area contributed by atoms with Crippen LogP contribution in [0.4, 0.5) is 0 Å². The molecule has 0 radical (unpaired) electrons. The van der Waals surface area contributed by atoms with Crippen LogP contribution in [0.25, 0.3) is 10.9 Å². The van der Waals surface area contributed by atoms with Crippen molar-refractivity contribution in [3.63, 3.8) is 0 Å². The van der Waals surface area contributed by atoms with Crippen molar-refractivity contribution in [1.82, 2.24) is 25.1 Å². The molecule has 2 N–H and O–H groups in total. The van der Waals surface area contributed by atoms with Crippen LogP contribution in [0.5, 0.6) is 5.75 Å². The molecular weight excluding hydrogens is 558 g/mol. The van der Waals surface area contributed by atoms with Crippen molar-refractivity contribution in [3.8, 4) is 5.75 Å². The van der Waals surface area contributed by atoms with Crippen molar-refractivity contribution in [2.24, 2.45) is 0 Å². The molecule has 41 heavy (non-hydrogen) atoms. The standard InChI is InChI=1S/C31H32ClN5O3S/c32-24-5-3-21(4-6-24)16-35-31(38)27-20-37-19-25(17-34-15-22-2-1-7-33-14-22)40-28-13-23(12-26(29(28)37)30(27)41)18-36-8-10-39-11-9-36/h1-7,12-14,20,25,34H,8-11,15-19H2,(H,35,38). The van der Waals surface area contributed by atoms with Crippen molar-refractivity contribution in [2.75, 3.05) is 32.8 Å². The lowest BCUT2D eigenvalue weighted by Crippen LogP contribution is -2.38. The van der Waals surface area contributed by atoms with Gasteiger partial charge in [-0.2, -0.15) is 0 Å². The number of ether oxygens (including phenoxy) is 2. The second kappa shape index (κ2) is 12.7. The van der Waals surface area contributed by atoms with E-state index in [0.717, 1.165) is 66.2 Å². The van der Waals surface area contributed by atoms with Gasteiger partial charge in [0.05, 0.1) is 35.3 Å². The summed E-state index contributed by atoms with van der Waals surface area (Å²) in [5, 5.41) is 8.05. The molecule has 212 valence electrons. The average molecular weight is 590 g/mol. The van der Waals surface area contributed by atoms with E-state index in [9.17, 15) is 4.79 Å². The first kappa shape index (κ1) is 27.8. The number of amides is 1. The van der Waals surface area contributed by atoms with Crippen LogP contribution < -0.4 is 15.4 Å². The highest BCUT2D eigenvalue weighted by Gasteiger charge is 2.25. The summed E-state index contributed by atoms with van der Waals surface area (Å²) in [7, 11) is 0. The molecule has 4 aromatic rings. The zero-order valence-electron chi connectivity index (χ0n) is 22.6. The fourth-order valence-corrected chi connectivity index (χ4v) is 5.79. The van der Waals surface area contributed by atoms with Crippen LogP contribution >= 0.6 is 23.8 Å². The quantitative estimate of drug-likeness (QED) is 0.273. The van der Waals surface area contributed by atoms with Gasteiger partial charge in [-0.15, -0.1) is 0 Å². The van der Waals surface area contributed by atoms with Gasteiger partial charge in [0.25, 0.3) is 5.91 Å². The minimum absolute atomic E-state index is 0.119. The minimum Gasteiger partial charge on any atom is -0.485 e. The van der Waals surface area contributed by atoms with Crippen LogP contribution in [0.3, 0.4) is 0 Å². The number of carbonyl (C=O) groups excluding carboxylic acids is 1. The summed E-state index contributed by atoms with van der Waals surface area (Å²) < 4.78 is 14.7. The highest BCUT2D eigenvalue weighted by molar-refractivity contribution is 7.71. The molecule has 2 aliphatic rings. The van der Waals surface area contributed by atoms with E-state index < -0.39 is 0 Å². The molecule has 1 atom stereocenters. The van der Waals surface area contributed by atoms with Gasteiger partial charge in [-0.1, -0.05) is 42.0 Å². The SMILES string of the molecule is O=C(NCc1ccc(Cl)cc1)c1cn2c3c(cc(CN4CCOCC4)cc3c1=S)OC(CNCc1cccnc1)C2. The summed E-state index contributed by atoms with van der Waals surface area (Å²) in [6.45, 7) is 6.30. The Bertz CT molecular complexity index is 1590. The van der Waals surface area contributed by atoms with Crippen molar-refractivity contribution >= 4 is 40.6 Å². The lowest BCUT2D eigenvalue weighted by molar-refractivity contribution is 0.0341. The van der Waals surface area contributed by atoms with E-state index in [2.05, 4.69) is 37.2 Å². The Morgan fingerprint density at radius 3 is 2.68 bits per heavy atom. The van der Waals surface area contributed by atoms with Gasteiger partial charge in [0.2, 0.25) is 0 Å². The number of hydrogen-bond acceptors (Lipinski definition) is 7. The van der Waals surface area contributed by atoms with E-state index >= 15 is 0 Å². The van der Waals surface area contributed by atoms with Crippen LogP contribution in [0, 0.1) is 4.51 Å². The largest absolute Gasteiger partial charge is 0.485 e. The molecule has 0 bridgehead atoms. The Morgan fingerprint density at radius 2 is 1.90 bits per heavy atom. The Kier molecular flexibility index (Phi) is 8.59. The monoisotopic (exact) mass is 589 g/mol. The topological polar surface area (TPSA) is 80.7 Å². The fourth-order valence-electron chi connectivity index (χ4n) is 5.37. The number of benzene rings is 2. The molecule has 0 aliphatic carbocycles. The van der Waals surface area contributed by atoms with E-state index in [0.29, 0.717) is 41.3 Å². The zero-order valence-corrected chi connectivity index (χ0v) is 24.2. The van der Waals surface area contributed by atoms with Crippen LogP contribution in [0.2, 0.25) is 5.02 Å². The molecule has 4 heterocycles. The number of carbonyl (C=O) groups is 1. The lowest BCUT2D eigenvalue weighted by Gasteiger charge is -2.31. The third-order valence-electron chi connectivity index (χ3n) is 7.43. The van der Waals surface area contributed by atoms with E-state index in [1.54, 1.807) is 6.20 Å². The predicted molar refractivity (Wildman–Crippen MR) is 162 cm³/mol. The molecule has 2 aliphatic heterocycles. The van der Waals surface area contributed by atoms with Gasteiger partial charge in [-0.3, -0.25) is 14.7 Å². The van der Waals surface area contributed by atoms with Crippen molar-refractivity contribution in [3.05, 3.63) is 98.9 Å². The Morgan fingerprint density at radius 1 is 1.07 bits per heavy atom. The number of halogens is 1. The average Bonchev–Trinajstić information content (AvgIpc) is 2.99. The van der Waals surface area contributed by atoms with Crippen LogP contribution in [-0.4, -0.2) is 59.3 Å². The number of morpholine rings is 1. The maximum Gasteiger partial charge on any atom is 0.254 e. The van der Waals surface area contributed by atoms with E-state index in [1.165, 1.54) is 0 Å². The minimum atomic E-state index is -0.200. The predicted octanol–water partition coefficient (Wildman–Crippen LogP) is 4.73. The smallest absolute Gasteiger partial charge is 0.254 e. The van der Waals surface area contributed by atoms with E-state index in [-0.39, 0.29) is 12.0 Å². The summed E-state index contributed by atoms with van der Waals surface area (Å²) in [6, 6.07) is 15.7. The molecule has 6 rings (SSSR count). The van der Waals surface area contributed by atoms with Crippen molar-refractivity contribution in [1.29, 1.82) is 0 Å². The highest BCUT2D eigenvalue weighted by Crippen LogP contribution is 2.34. The number of rotatable bonds is 9. The van der Waals surface area contributed by atoms with Gasteiger partial charge >= 0.3 is 0 Å². The Labute approximate surface area is 249 Å². The highest BCUT2D eigenvalue weighted by atomic mass is 35.5. The first-order chi connectivity index (χ1) is 20.0. The molecule has 1 saturated heterocycles. The summed E-state index contributed by atoms with van der Waals surface area (Å²) >= 11 is 11.9. The maximum absolute atomic E-state index is 13.4. The summed E-state index contributed by atoms with van der Waals surface area (Å²) in [5.41, 5.74) is 4.60. The van der Waals surface area contributed by atoms with E-state index in [4.69, 9.17) is 33.3 Å². The summed E-state index contributed by atoms with van der Waals surface area (Å²) in [4.78, 5) is 20.0. The number of pyridine rings is 2. The van der Waals surface area contributed by atoms with Gasteiger partial charge in [-0.25, -0.2) is 0 Å². The van der Waals surface area contributed by atoms with Gasteiger partial charge in [-0.05, 0) is 47.0 Å². The van der Waals surface area contributed by atoms with Crippen molar-refractivity contribution < 1.29 is 14.3 Å². The van der Waals surface area contributed by atoms with Crippen LogP contribution in [0.1, 0.15) is 27.0 Å². The maximum atomic E-state index is 13.4. The number of aromatic nitrogens is 2. The molecule has 2 aromatic carbocycles. The van der Waals surface area contributed by atoms with Gasteiger partial charge in [0, 0.05) is 68.3 Å². The van der Waals surface area contributed by atoms with E-state index in [1.807, 2.05) is 48.8 Å². The molecule has 0 spiro atoms. The van der Waals surface area contributed by atoms with Crippen LogP contribution in [-0.2, 0) is 30.9 Å². The van der Waals surface area contributed by atoms with Crippen LogP contribution in [0.15, 0.2) is 67.1 Å². The normalized spacial score (nSPS) is 16.9. The first-order valence-corrected chi connectivity index (χ1v) is 14.6. The Hall–Kier alpha value is -3.34. The second-order valence-corrected chi connectivity index (χ2v) is 11.3. The first-order valence-electron chi connectivity index (χ1n) is 13.8. The summed E-state index contributed by atoms with van der Waals surface area (Å²) in [5.74, 6) is 0.595. The van der Waals surface area contributed by atoms with Gasteiger partial charge < -0.3 is 24.7 Å². The zero-order chi connectivity index (χ0) is 28.2. The molecule has 8 nitrogen and oxygen atoms in total. The molecule has 1 unspecified atom stereocenters. The third kappa shape index (κ3) is 6.60. The third-order valence-corrected chi connectivity index (χ3v) is 8.13. The molecule has 1 fully saturated rings. The Balaban J connectivity index is 1.28. The molecule has 2 aromatic heterocycles.